The van der Waals surface area contributed by atoms with Gasteiger partial charge in [0.1, 0.15) is 0 Å². The van der Waals surface area contributed by atoms with E-state index in [2.05, 4.69) is 40.1 Å². The largest absolute Gasteiger partial charge is 0.369 e. The minimum atomic E-state index is -0.00285. The number of hydrogen-bond acceptors (Lipinski definition) is 4. The van der Waals surface area contributed by atoms with Crippen LogP contribution in [0, 0.1) is 11.3 Å². The number of para-hydroxylation sites is 1. The summed E-state index contributed by atoms with van der Waals surface area (Å²) in [6, 6.07) is 12.6. The Morgan fingerprint density at radius 2 is 1.92 bits per heavy atom. The molecule has 0 aromatic heterocycles. The molecule has 1 aliphatic heterocycles. The molecule has 1 amide bonds. The summed E-state index contributed by atoms with van der Waals surface area (Å²) in [5.74, 6) is 0.140. The Kier molecular flexibility index (Phi) is 7.07. The average Bonchev–Trinajstić information content (AvgIpc) is 2.62. The third kappa shape index (κ3) is 5.24. The van der Waals surface area contributed by atoms with Gasteiger partial charge in [0.25, 0.3) is 0 Å². The SMILES string of the molecule is C[C@H](CC#N)N(C)C(=O)CCCN1CCN(c2ccccc2)CC1. The molecule has 1 fully saturated rings. The van der Waals surface area contributed by atoms with Crippen molar-refractivity contribution in [2.45, 2.75) is 32.2 Å². The van der Waals surface area contributed by atoms with Crippen LogP contribution in [0.1, 0.15) is 26.2 Å². The van der Waals surface area contributed by atoms with E-state index in [9.17, 15) is 4.79 Å². The van der Waals surface area contributed by atoms with E-state index in [1.54, 1.807) is 11.9 Å². The Balaban J connectivity index is 1.66. The summed E-state index contributed by atoms with van der Waals surface area (Å²) in [7, 11) is 1.79. The number of rotatable bonds is 7. The van der Waals surface area contributed by atoms with Gasteiger partial charge in [-0.1, -0.05) is 18.2 Å². The summed E-state index contributed by atoms with van der Waals surface area (Å²) in [5.41, 5.74) is 1.29. The van der Waals surface area contributed by atoms with Crippen LogP contribution < -0.4 is 4.90 Å². The zero-order valence-corrected chi connectivity index (χ0v) is 14.8. The predicted molar refractivity (Wildman–Crippen MR) is 96.8 cm³/mol. The Morgan fingerprint density at radius 3 is 2.54 bits per heavy atom. The number of nitrogens with zero attached hydrogens (tertiary/aromatic N) is 4. The second kappa shape index (κ2) is 9.29. The topological polar surface area (TPSA) is 50.6 Å². The van der Waals surface area contributed by atoms with Crippen molar-refractivity contribution < 1.29 is 4.79 Å². The lowest BCUT2D eigenvalue weighted by Crippen LogP contribution is -2.46. The van der Waals surface area contributed by atoms with Gasteiger partial charge in [0.15, 0.2) is 0 Å². The van der Waals surface area contributed by atoms with E-state index in [1.807, 2.05) is 13.0 Å². The van der Waals surface area contributed by atoms with Crippen molar-refractivity contribution in [2.24, 2.45) is 0 Å². The number of amides is 1. The highest BCUT2D eigenvalue weighted by atomic mass is 16.2. The molecule has 0 saturated carbocycles. The standard InChI is InChI=1S/C19H28N4O/c1-17(10-11-20)21(2)19(24)9-6-12-22-13-15-23(16-14-22)18-7-4-3-5-8-18/h3-5,7-8,17H,6,9-10,12-16H2,1-2H3/t17-/m1/s1. The molecule has 1 atom stereocenters. The van der Waals surface area contributed by atoms with Gasteiger partial charge in [-0.05, 0) is 32.0 Å². The molecule has 24 heavy (non-hydrogen) atoms. The number of piperazine rings is 1. The van der Waals surface area contributed by atoms with Crippen molar-refractivity contribution >= 4 is 11.6 Å². The van der Waals surface area contributed by atoms with Crippen LogP contribution in [-0.4, -0.2) is 61.5 Å². The van der Waals surface area contributed by atoms with Crippen molar-refractivity contribution in [1.29, 1.82) is 5.26 Å². The first-order chi connectivity index (χ1) is 11.6. The van der Waals surface area contributed by atoms with Crippen molar-refractivity contribution in [1.82, 2.24) is 9.80 Å². The summed E-state index contributed by atoms with van der Waals surface area (Å²) in [5, 5.41) is 8.72. The molecule has 0 unspecified atom stereocenters. The van der Waals surface area contributed by atoms with Gasteiger partial charge in [-0.3, -0.25) is 9.69 Å². The smallest absolute Gasteiger partial charge is 0.222 e. The van der Waals surface area contributed by atoms with Gasteiger partial charge in [-0.2, -0.15) is 5.26 Å². The summed E-state index contributed by atoms with van der Waals surface area (Å²) >= 11 is 0. The molecule has 1 saturated heterocycles. The summed E-state index contributed by atoms with van der Waals surface area (Å²) in [6.45, 7) is 7.06. The fourth-order valence-electron chi connectivity index (χ4n) is 3.01. The van der Waals surface area contributed by atoms with Crippen LogP contribution in [0.15, 0.2) is 30.3 Å². The number of nitriles is 1. The van der Waals surface area contributed by atoms with Gasteiger partial charge in [0, 0.05) is 51.4 Å². The molecule has 0 aliphatic carbocycles. The number of benzene rings is 1. The summed E-state index contributed by atoms with van der Waals surface area (Å²) < 4.78 is 0. The zero-order valence-electron chi connectivity index (χ0n) is 14.8. The van der Waals surface area contributed by atoms with E-state index >= 15 is 0 Å². The van der Waals surface area contributed by atoms with Gasteiger partial charge >= 0.3 is 0 Å². The van der Waals surface area contributed by atoms with Crippen LogP contribution >= 0.6 is 0 Å². The molecule has 1 heterocycles. The first-order valence-electron chi connectivity index (χ1n) is 8.76. The Labute approximate surface area is 145 Å². The molecule has 1 aromatic rings. The lowest BCUT2D eigenvalue weighted by atomic mass is 10.2. The van der Waals surface area contributed by atoms with Gasteiger partial charge in [-0.15, -0.1) is 0 Å². The van der Waals surface area contributed by atoms with Crippen LogP contribution in [0.3, 0.4) is 0 Å². The fourth-order valence-corrected chi connectivity index (χ4v) is 3.01. The number of carbonyl (C=O) groups is 1. The third-order valence-electron chi connectivity index (χ3n) is 4.80. The molecule has 0 bridgehead atoms. The van der Waals surface area contributed by atoms with E-state index in [0.29, 0.717) is 12.8 Å². The summed E-state index contributed by atoms with van der Waals surface area (Å²) in [4.78, 5) is 18.7. The van der Waals surface area contributed by atoms with E-state index in [4.69, 9.17) is 5.26 Å². The average molecular weight is 328 g/mol. The minimum absolute atomic E-state index is 0.00285. The normalized spacial score (nSPS) is 16.5. The zero-order chi connectivity index (χ0) is 17.4. The van der Waals surface area contributed by atoms with Gasteiger partial charge in [0.05, 0.1) is 12.5 Å². The molecule has 130 valence electrons. The number of hydrogen-bond donors (Lipinski definition) is 0. The highest BCUT2D eigenvalue weighted by molar-refractivity contribution is 5.76. The highest BCUT2D eigenvalue weighted by Gasteiger charge is 2.18. The molecule has 0 spiro atoms. The maximum absolute atomic E-state index is 12.1. The lowest BCUT2D eigenvalue weighted by Gasteiger charge is -2.36. The van der Waals surface area contributed by atoms with Crippen molar-refractivity contribution in [3.63, 3.8) is 0 Å². The van der Waals surface area contributed by atoms with Gasteiger partial charge in [-0.25, -0.2) is 0 Å². The molecule has 2 rings (SSSR count). The van der Waals surface area contributed by atoms with E-state index < -0.39 is 0 Å². The van der Waals surface area contributed by atoms with E-state index in [1.165, 1.54) is 5.69 Å². The van der Waals surface area contributed by atoms with Crippen LogP contribution in [0.2, 0.25) is 0 Å². The van der Waals surface area contributed by atoms with Crippen LogP contribution in [-0.2, 0) is 4.79 Å². The van der Waals surface area contributed by atoms with Crippen molar-refractivity contribution in [2.75, 3.05) is 44.7 Å². The predicted octanol–water partition coefficient (Wildman–Crippen LogP) is 2.35. The van der Waals surface area contributed by atoms with Crippen molar-refractivity contribution in [3.05, 3.63) is 30.3 Å². The molecule has 5 nitrogen and oxygen atoms in total. The van der Waals surface area contributed by atoms with Gasteiger partial charge < -0.3 is 9.80 Å². The second-order valence-electron chi connectivity index (χ2n) is 6.48. The Bertz CT molecular complexity index is 546. The fraction of sp³-hybridized carbons (Fsp3) is 0.579. The molecule has 1 aliphatic rings. The number of anilines is 1. The molecular weight excluding hydrogens is 300 g/mol. The molecule has 0 N–H and O–H groups in total. The Hall–Kier alpha value is -2.06. The molecular formula is C19H28N4O. The molecule has 1 aromatic carbocycles. The van der Waals surface area contributed by atoms with Crippen LogP contribution in [0.5, 0.6) is 0 Å². The maximum atomic E-state index is 12.1. The van der Waals surface area contributed by atoms with E-state index in [-0.39, 0.29) is 11.9 Å². The van der Waals surface area contributed by atoms with Crippen LogP contribution in [0.4, 0.5) is 5.69 Å². The first-order valence-corrected chi connectivity index (χ1v) is 8.76. The second-order valence-corrected chi connectivity index (χ2v) is 6.48. The highest BCUT2D eigenvalue weighted by Crippen LogP contribution is 2.15. The maximum Gasteiger partial charge on any atom is 0.222 e. The molecule has 5 heteroatoms. The number of carbonyl (C=O) groups excluding carboxylic acids is 1. The molecule has 0 radical (unpaired) electrons. The summed E-state index contributed by atoms with van der Waals surface area (Å²) in [6.07, 6.45) is 1.84. The van der Waals surface area contributed by atoms with Crippen LogP contribution in [0.25, 0.3) is 0 Å². The monoisotopic (exact) mass is 328 g/mol. The first kappa shape index (κ1) is 18.3. The Morgan fingerprint density at radius 1 is 1.25 bits per heavy atom. The quantitative estimate of drug-likeness (QED) is 0.771. The lowest BCUT2D eigenvalue weighted by molar-refractivity contribution is -0.131. The van der Waals surface area contributed by atoms with Gasteiger partial charge in [0.2, 0.25) is 5.91 Å². The minimum Gasteiger partial charge on any atom is -0.369 e. The third-order valence-corrected chi connectivity index (χ3v) is 4.80. The van der Waals surface area contributed by atoms with E-state index in [0.717, 1.165) is 39.1 Å². The van der Waals surface area contributed by atoms with Crippen molar-refractivity contribution in [3.8, 4) is 6.07 Å².